The third-order valence-corrected chi connectivity index (χ3v) is 3.42. The van der Waals surface area contributed by atoms with Crippen LogP contribution in [0.2, 0.25) is 5.02 Å². The number of nitrogens with two attached hydrogens (primary N) is 1. The molecule has 1 aromatic carbocycles. The average Bonchev–Trinajstić information content (AvgIpc) is 2.27. The second-order valence-electron chi connectivity index (χ2n) is 3.07. The predicted octanol–water partition coefficient (Wildman–Crippen LogP) is 3.61. The van der Waals surface area contributed by atoms with Gasteiger partial charge in [0, 0.05) is 16.8 Å². The quantitative estimate of drug-likeness (QED) is 0.832. The highest BCUT2D eigenvalue weighted by atomic mass is 35.5. The maximum absolute atomic E-state index is 13.0. The fourth-order valence-corrected chi connectivity index (χ4v) is 2.23. The van der Waals surface area contributed by atoms with Crippen molar-refractivity contribution in [1.29, 1.82) is 0 Å². The molecule has 2 rings (SSSR count). The van der Waals surface area contributed by atoms with Crippen LogP contribution < -0.4 is 5.73 Å². The van der Waals surface area contributed by atoms with Crippen molar-refractivity contribution >= 4 is 29.1 Å². The zero-order valence-electron chi connectivity index (χ0n) is 8.15. The second kappa shape index (κ2) is 4.72. The summed E-state index contributed by atoms with van der Waals surface area (Å²) >= 11 is 7.20. The lowest BCUT2D eigenvalue weighted by Gasteiger charge is -2.05. The van der Waals surface area contributed by atoms with Gasteiger partial charge in [-0.1, -0.05) is 23.4 Å². The molecule has 0 aliphatic rings. The van der Waals surface area contributed by atoms with E-state index < -0.39 is 0 Å². The van der Waals surface area contributed by atoms with Crippen LogP contribution >= 0.6 is 23.4 Å². The van der Waals surface area contributed by atoms with Gasteiger partial charge in [0.2, 0.25) is 0 Å². The van der Waals surface area contributed by atoms with E-state index in [-0.39, 0.29) is 5.82 Å². The first-order chi connectivity index (χ1) is 7.66. The lowest BCUT2D eigenvalue weighted by molar-refractivity contribution is 0.624. The number of halogens is 2. The summed E-state index contributed by atoms with van der Waals surface area (Å²) in [6.45, 7) is 0. The predicted molar refractivity (Wildman–Crippen MR) is 64.2 cm³/mol. The van der Waals surface area contributed by atoms with Gasteiger partial charge < -0.3 is 5.73 Å². The Morgan fingerprint density at radius 2 is 2.12 bits per heavy atom. The Morgan fingerprint density at radius 3 is 2.88 bits per heavy atom. The van der Waals surface area contributed by atoms with E-state index in [2.05, 4.69) is 4.98 Å². The molecule has 1 aromatic heterocycles. The molecule has 82 valence electrons. The number of anilines is 1. The van der Waals surface area contributed by atoms with Crippen LogP contribution in [0.1, 0.15) is 0 Å². The summed E-state index contributed by atoms with van der Waals surface area (Å²) in [5.74, 6) is -0.330. The molecule has 0 saturated heterocycles. The molecule has 1 heterocycles. The van der Waals surface area contributed by atoms with E-state index in [0.29, 0.717) is 20.6 Å². The zero-order chi connectivity index (χ0) is 11.5. The van der Waals surface area contributed by atoms with Gasteiger partial charge in [0.1, 0.15) is 10.8 Å². The largest absolute Gasteiger partial charge is 0.398 e. The van der Waals surface area contributed by atoms with E-state index in [9.17, 15) is 4.39 Å². The Hall–Kier alpha value is -1.26. The lowest BCUT2D eigenvalue weighted by Crippen LogP contribution is -1.90. The van der Waals surface area contributed by atoms with E-state index in [1.54, 1.807) is 18.3 Å². The van der Waals surface area contributed by atoms with Crippen molar-refractivity contribution in [2.45, 2.75) is 9.92 Å². The summed E-state index contributed by atoms with van der Waals surface area (Å²) in [5.41, 5.74) is 6.24. The molecule has 0 fully saturated rings. The summed E-state index contributed by atoms with van der Waals surface area (Å²) in [6.07, 6.45) is 1.63. The van der Waals surface area contributed by atoms with Crippen molar-refractivity contribution in [3.8, 4) is 0 Å². The van der Waals surface area contributed by atoms with E-state index in [0.717, 1.165) is 0 Å². The first-order valence-corrected chi connectivity index (χ1v) is 5.69. The number of nitrogens with zero attached hydrogens (tertiary/aromatic N) is 1. The highest BCUT2D eigenvalue weighted by molar-refractivity contribution is 7.99. The number of hydrogen-bond donors (Lipinski definition) is 1. The average molecular weight is 255 g/mol. The smallest absolute Gasteiger partial charge is 0.124 e. The van der Waals surface area contributed by atoms with Crippen molar-refractivity contribution in [3.63, 3.8) is 0 Å². The highest BCUT2D eigenvalue weighted by Gasteiger charge is 2.07. The van der Waals surface area contributed by atoms with Gasteiger partial charge in [-0.2, -0.15) is 0 Å². The van der Waals surface area contributed by atoms with Crippen LogP contribution in [0.25, 0.3) is 0 Å². The van der Waals surface area contributed by atoms with Gasteiger partial charge >= 0.3 is 0 Å². The van der Waals surface area contributed by atoms with Crippen LogP contribution in [0, 0.1) is 5.82 Å². The first kappa shape index (κ1) is 11.2. The molecule has 0 atom stereocenters. The Kier molecular flexibility index (Phi) is 3.31. The molecule has 0 saturated carbocycles. The second-order valence-corrected chi connectivity index (χ2v) is 4.51. The number of nitrogen functional groups attached to an aromatic ring is 1. The van der Waals surface area contributed by atoms with Gasteiger partial charge in [0.05, 0.1) is 5.02 Å². The molecule has 0 bridgehead atoms. The van der Waals surface area contributed by atoms with Crippen LogP contribution in [-0.4, -0.2) is 4.98 Å². The molecule has 0 aliphatic carbocycles. The molecule has 2 N–H and O–H groups in total. The standard InChI is InChI=1S/C11H8ClFN2S/c12-8-2-1-5-15-11(8)16-10-6-7(13)3-4-9(10)14/h1-6H,14H2. The van der Waals surface area contributed by atoms with Crippen LogP contribution in [0.3, 0.4) is 0 Å². The van der Waals surface area contributed by atoms with E-state index in [1.807, 2.05) is 0 Å². The fraction of sp³-hybridized carbons (Fsp3) is 0. The van der Waals surface area contributed by atoms with E-state index >= 15 is 0 Å². The molecule has 16 heavy (non-hydrogen) atoms. The summed E-state index contributed by atoms with van der Waals surface area (Å²) in [6, 6.07) is 7.67. The number of aromatic nitrogens is 1. The first-order valence-electron chi connectivity index (χ1n) is 4.50. The van der Waals surface area contributed by atoms with Gasteiger partial charge in [-0.05, 0) is 30.3 Å². The Bertz CT molecular complexity index is 519. The van der Waals surface area contributed by atoms with Crippen LogP contribution in [0.5, 0.6) is 0 Å². The summed E-state index contributed by atoms with van der Waals surface area (Å²) in [4.78, 5) is 4.71. The summed E-state index contributed by atoms with van der Waals surface area (Å²) in [5, 5.41) is 1.14. The summed E-state index contributed by atoms with van der Waals surface area (Å²) < 4.78 is 13.0. The Balaban J connectivity index is 2.34. The SMILES string of the molecule is Nc1ccc(F)cc1Sc1ncccc1Cl. The summed E-state index contributed by atoms with van der Waals surface area (Å²) in [7, 11) is 0. The van der Waals surface area contributed by atoms with Gasteiger partial charge in [0.25, 0.3) is 0 Å². The van der Waals surface area contributed by atoms with Crippen molar-refractivity contribution in [2.24, 2.45) is 0 Å². The molecular formula is C11H8ClFN2S. The molecule has 0 amide bonds. The van der Waals surface area contributed by atoms with Gasteiger partial charge in [0.15, 0.2) is 0 Å². The van der Waals surface area contributed by atoms with Gasteiger partial charge in [-0.25, -0.2) is 9.37 Å². The van der Waals surface area contributed by atoms with Crippen molar-refractivity contribution in [3.05, 3.63) is 47.4 Å². The molecule has 0 radical (unpaired) electrons. The van der Waals surface area contributed by atoms with E-state index in [1.165, 1.54) is 30.0 Å². The van der Waals surface area contributed by atoms with Crippen LogP contribution in [0.4, 0.5) is 10.1 Å². The third kappa shape index (κ3) is 2.46. The Morgan fingerprint density at radius 1 is 1.31 bits per heavy atom. The third-order valence-electron chi connectivity index (χ3n) is 1.91. The lowest BCUT2D eigenvalue weighted by atomic mass is 10.3. The minimum atomic E-state index is -0.330. The molecule has 2 aromatic rings. The number of rotatable bonds is 2. The monoisotopic (exact) mass is 254 g/mol. The van der Waals surface area contributed by atoms with Gasteiger partial charge in [-0.15, -0.1) is 0 Å². The van der Waals surface area contributed by atoms with Crippen LogP contribution in [0.15, 0.2) is 46.5 Å². The molecule has 0 unspecified atom stereocenters. The van der Waals surface area contributed by atoms with Crippen molar-refractivity contribution in [2.75, 3.05) is 5.73 Å². The highest BCUT2D eigenvalue weighted by Crippen LogP contribution is 2.34. The number of pyridine rings is 1. The molecule has 5 heteroatoms. The number of hydrogen-bond acceptors (Lipinski definition) is 3. The Labute approximate surface area is 102 Å². The normalized spacial score (nSPS) is 10.4. The van der Waals surface area contributed by atoms with Crippen molar-refractivity contribution < 1.29 is 4.39 Å². The minimum absolute atomic E-state index is 0.330. The molecule has 2 nitrogen and oxygen atoms in total. The molecular weight excluding hydrogens is 247 g/mol. The van der Waals surface area contributed by atoms with Crippen molar-refractivity contribution in [1.82, 2.24) is 4.98 Å². The topological polar surface area (TPSA) is 38.9 Å². The zero-order valence-corrected chi connectivity index (χ0v) is 9.73. The minimum Gasteiger partial charge on any atom is -0.398 e. The molecule has 0 aliphatic heterocycles. The number of benzene rings is 1. The molecule has 0 spiro atoms. The maximum atomic E-state index is 13.0. The van der Waals surface area contributed by atoms with Gasteiger partial charge in [-0.3, -0.25) is 0 Å². The maximum Gasteiger partial charge on any atom is 0.124 e. The van der Waals surface area contributed by atoms with Crippen LogP contribution in [-0.2, 0) is 0 Å². The fourth-order valence-electron chi connectivity index (χ4n) is 1.15. The van der Waals surface area contributed by atoms with E-state index in [4.69, 9.17) is 17.3 Å².